The highest BCUT2D eigenvalue weighted by molar-refractivity contribution is 7.26. The first-order valence-corrected chi connectivity index (χ1v) is 12.2. The molecule has 3 aliphatic rings. The number of rotatable bonds is 2. The lowest BCUT2D eigenvalue weighted by molar-refractivity contribution is 0.122. The Balaban J connectivity index is 1.58. The number of morpholine rings is 1. The van der Waals surface area contributed by atoms with E-state index in [1.54, 1.807) is 11.3 Å². The number of nitrogens with one attached hydrogen (secondary N) is 1. The molecular formula is C22H29N7OS. The average molecular weight is 440 g/mol. The summed E-state index contributed by atoms with van der Waals surface area (Å²) < 4.78 is 6.74. The molecule has 0 amide bonds. The number of pyridine rings is 1. The lowest BCUT2D eigenvalue weighted by Gasteiger charge is -2.36. The van der Waals surface area contributed by atoms with Crippen LogP contribution in [-0.2, 0) is 17.6 Å². The SMILES string of the molecule is CC1(C)CCc2c(N3CCOCC3)nc3sc4c(N5CCNCC5)nnnc4c3c2C1. The number of anilines is 2. The van der Waals surface area contributed by atoms with E-state index in [2.05, 4.69) is 44.4 Å². The first-order chi connectivity index (χ1) is 15.1. The molecule has 2 saturated heterocycles. The maximum Gasteiger partial charge on any atom is 0.172 e. The summed E-state index contributed by atoms with van der Waals surface area (Å²) in [6.07, 6.45) is 3.31. The van der Waals surface area contributed by atoms with E-state index in [-0.39, 0.29) is 5.41 Å². The molecule has 5 heterocycles. The third-order valence-corrected chi connectivity index (χ3v) is 8.00. The van der Waals surface area contributed by atoms with Crippen molar-refractivity contribution in [3.05, 3.63) is 11.1 Å². The van der Waals surface area contributed by atoms with Gasteiger partial charge < -0.3 is 19.9 Å². The Morgan fingerprint density at radius 1 is 0.968 bits per heavy atom. The van der Waals surface area contributed by atoms with E-state index in [1.165, 1.54) is 22.9 Å². The van der Waals surface area contributed by atoms with Crippen LogP contribution in [0.25, 0.3) is 20.4 Å². The summed E-state index contributed by atoms with van der Waals surface area (Å²) in [5, 5.41) is 17.9. The molecule has 0 radical (unpaired) electrons. The molecule has 2 fully saturated rings. The van der Waals surface area contributed by atoms with Gasteiger partial charge in [0.05, 0.1) is 13.2 Å². The molecular weight excluding hydrogens is 410 g/mol. The fraction of sp³-hybridized carbons (Fsp3) is 0.636. The van der Waals surface area contributed by atoms with E-state index < -0.39 is 0 Å². The largest absolute Gasteiger partial charge is 0.378 e. The van der Waals surface area contributed by atoms with Crippen LogP contribution in [0.1, 0.15) is 31.4 Å². The summed E-state index contributed by atoms with van der Waals surface area (Å²) in [4.78, 5) is 11.1. The zero-order chi connectivity index (χ0) is 21.0. The van der Waals surface area contributed by atoms with Gasteiger partial charge in [-0.05, 0) is 41.0 Å². The smallest absolute Gasteiger partial charge is 0.172 e. The molecule has 8 nitrogen and oxygen atoms in total. The number of hydrogen-bond donors (Lipinski definition) is 1. The van der Waals surface area contributed by atoms with Gasteiger partial charge in [-0.3, -0.25) is 0 Å². The van der Waals surface area contributed by atoms with E-state index >= 15 is 0 Å². The van der Waals surface area contributed by atoms with Gasteiger partial charge in [-0.2, -0.15) is 0 Å². The van der Waals surface area contributed by atoms with Crippen molar-refractivity contribution in [2.24, 2.45) is 5.41 Å². The quantitative estimate of drug-likeness (QED) is 0.652. The number of thiophene rings is 1. The van der Waals surface area contributed by atoms with Crippen molar-refractivity contribution in [2.45, 2.75) is 33.1 Å². The molecule has 0 bridgehead atoms. The Morgan fingerprint density at radius 3 is 2.55 bits per heavy atom. The van der Waals surface area contributed by atoms with Crippen LogP contribution in [0.3, 0.4) is 0 Å². The molecule has 2 aliphatic heterocycles. The fourth-order valence-electron chi connectivity index (χ4n) is 5.22. The molecule has 1 aliphatic carbocycles. The van der Waals surface area contributed by atoms with Gasteiger partial charge in [-0.1, -0.05) is 13.8 Å². The molecule has 0 spiro atoms. The maximum absolute atomic E-state index is 5.61. The van der Waals surface area contributed by atoms with Crippen molar-refractivity contribution in [1.29, 1.82) is 0 Å². The van der Waals surface area contributed by atoms with E-state index in [9.17, 15) is 0 Å². The first kappa shape index (κ1) is 19.6. The fourth-order valence-corrected chi connectivity index (χ4v) is 6.37. The van der Waals surface area contributed by atoms with Gasteiger partial charge >= 0.3 is 0 Å². The molecule has 0 saturated carbocycles. The highest BCUT2D eigenvalue weighted by Gasteiger charge is 2.33. The van der Waals surface area contributed by atoms with Crippen LogP contribution in [0, 0.1) is 5.41 Å². The van der Waals surface area contributed by atoms with Crippen molar-refractivity contribution < 1.29 is 4.74 Å². The summed E-state index contributed by atoms with van der Waals surface area (Å²) in [5.74, 6) is 2.13. The second-order valence-corrected chi connectivity index (χ2v) is 10.6. The highest BCUT2D eigenvalue weighted by Crippen LogP contribution is 2.46. The molecule has 9 heteroatoms. The molecule has 1 N–H and O–H groups in total. The van der Waals surface area contributed by atoms with Crippen molar-refractivity contribution in [3.8, 4) is 0 Å². The molecule has 6 rings (SSSR count). The van der Waals surface area contributed by atoms with E-state index in [4.69, 9.17) is 9.72 Å². The summed E-state index contributed by atoms with van der Waals surface area (Å²) in [7, 11) is 0. The predicted molar refractivity (Wildman–Crippen MR) is 124 cm³/mol. The Morgan fingerprint density at radius 2 is 1.74 bits per heavy atom. The van der Waals surface area contributed by atoms with Crippen LogP contribution in [0.15, 0.2) is 0 Å². The highest BCUT2D eigenvalue weighted by atomic mass is 32.1. The first-order valence-electron chi connectivity index (χ1n) is 11.4. The zero-order valence-electron chi connectivity index (χ0n) is 18.3. The normalized spacial score (nSPS) is 21.6. The molecule has 0 aromatic carbocycles. The number of aromatic nitrogens is 4. The van der Waals surface area contributed by atoms with Gasteiger partial charge in [0.2, 0.25) is 0 Å². The second-order valence-electron chi connectivity index (χ2n) is 9.64. The third kappa shape index (κ3) is 3.34. The zero-order valence-corrected chi connectivity index (χ0v) is 19.1. The Labute approximate surface area is 186 Å². The summed E-state index contributed by atoms with van der Waals surface area (Å²) >= 11 is 1.74. The van der Waals surface area contributed by atoms with Gasteiger partial charge in [0.15, 0.2) is 5.82 Å². The maximum atomic E-state index is 5.61. The minimum atomic E-state index is 0.277. The minimum Gasteiger partial charge on any atom is -0.378 e. The Hall–Kier alpha value is -2.10. The van der Waals surface area contributed by atoms with Crippen molar-refractivity contribution in [3.63, 3.8) is 0 Å². The summed E-state index contributed by atoms with van der Waals surface area (Å²) in [6.45, 7) is 12.0. The number of fused-ring (bicyclic) bond motifs is 5. The number of ether oxygens (including phenoxy) is 1. The molecule has 164 valence electrons. The van der Waals surface area contributed by atoms with Gasteiger partial charge in [-0.25, -0.2) is 4.98 Å². The second kappa shape index (κ2) is 7.50. The van der Waals surface area contributed by atoms with Crippen molar-refractivity contribution >= 4 is 43.4 Å². The number of piperazine rings is 1. The number of hydrogen-bond acceptors (Lipinski definition) is 9. The topological polar surface area (TPSA) is 79.3 Å². The minimum absolute atomic E-state index is 0.277. The Kier molecular flexibility index (Phi) is 4.73. The lowest BCUT2D eigenvalue weighted by atomic mass is 9.73. The van der Waals surface area contributed by atoms with Crippen LogP contribution in [0.4, 0.5) is 11.6 Å². The number of nitrogens with zero attached hydrogens (tertiary/aromatic N) is 6. The van der Waals surface area contributed by atoms with E-state index in [0.717, 1.165) is 92.0 Å². The van der Waals surface area contributed by atoms with Crippen molar-refractivity contribution in [1.82, 2.24) is 25.7 Å². The van der Waals surface area contributed by atoms with Crippen molar-refractivity contribution in [2.75, 3.05) is 62.3 Å². The van der Waals surface area contributed by atoms with Gasteiger partial charge in [0.25, 0.3) is 0 Å². The van der Waals surface area contributed by atoms with Gasteiger partial charge in [-0.15, -0.1) is 21.5 Å². The molecule has 3 aromatic rings. The monoisotopic (exact) mass is 439 g/mol. The van der Waals surface area contributed by atoms with Crippen LogP contribution < -0.4 is 15.1 Å². The van der Waals surface area contributed by atoms with Gasteiger partial charge in [0, 0.05) is 44.7 Å². The van der Waals surface area contributed by atoms with Gasteiger partial charge in [0.1, 0.15) is 20.9 Å². The molecule has 0 unspecified atom stereocenters. The average Bonchev–Trinajstić information content (AvgIpc) is 3.18. The summed E-state index contributed by atoms with van der Waals surface area (Å²) in [5.41, 5.74) is 4.11. The molecule has 0 atom stereocenters. The molecule has 31 heavy (non-hydrogen) atoms. The van der Waals surface area contributed by atoms with Crippen LogP contribution in [0.5, 0.6) is 0 Å². The van der Waals surface area contributed by atoms with Crippen LogP contribution in [-0.4, -0.2) is 72.9 Å². The lowest BCUT2D eigenvalue weighted by Crippen LogP contribution is -2.44. The van der Waals surface area contributed by atoms with E-state index in [0.29, 0.717) is 0 Å². The van der Waals surface area contributed by atoms with E-state index in [1.807, 2.05) is 0 Å². The summed E-state index contributed by atoms with van der Waals surface area (Å²) in [6, 6.07) is 0. The van der Waals surface area contributed by atoms with Crippen LogP contribution >= 0.6 is 11.3 Å². The Bertz CT molecular complexity index is 1130. The predicted octanol–water partition coefficient (Wildman–Crippen LogP) is 2.40. The molecule has 3 aromatic heterocycles. The van der Waals surface area contributed by atoms with Crippen LogP contribution in [0.2, 0.25) is 0 Å². The standard InChI is InChI=1S/C22H29N7OS/c1-22(2)4-3-14-15(13-22)16-17-18(20(26-27-25-17)28-7-5-23-6-8-28)31-21(16)24-19(14)29-9-11-30-12-10-29/h23H,3-13H2,1-2H3. The third-order valence-electron chi connectivity index (χ3n) is 6.93.